The topological polar surface area (TPSA) is 196 Å². The third kappa shape index (κ3) is 14.3. The second-order valence-electron chi connectivity index (χ2n) is 16.1. The lowest BCUT2D eigenvalue weighted by molar-refractivity contribution is -0.122. The van der Waals surface area contributed by atoms with Crippen LogP contribution < -0.4 is 29.6 Å². The predicted octanol–water partition coefficient (Wildman–Crippen LogP) is 10.1. The Labute approximate surface area is 413 Å². The first-order chi connectivity index (χ1) is 34.2. The molecule has 0 fully saturated rings. The fraction of sp³-hybridized carbons (Fsp3) is 0.211. The predicted molar refractivity (Wildman–Crippen MR) is 272 cm³/mol. The van der Waals surface area contributed by atoms with E-state index in [0.29, 0.717) is 16.7 Å². The first kappa shape index (κ1) is 53.1. The summed E-state index contributed by atoms with van der Waals surface area (Å²) < 4.78 is 28.2. The van der Waals surface area contributed by atoms with Gasteiger partial charge in [-0.05, 0) is 78.6 Å². The van der Waals surface area contributed by atoms with E-state index in [-0.39, 0.29) is 114 Å². The normalized spacial score (nSPS) is 11.2. The summed E-state index contributed by atoms with van der Waals surface area (Å²) >= 11 is 0. The van der Waals surface area contributed by atoms with Gasteiger partial charge in [0, 0.05) is 42.7 Å². The summed E-state index contributed by atoms with van der Waals surface area (Å²) in [4.78, 5) is 80.1. The number of benzene rings is 5. The third-order valence-electron chi connectivity index (χ3n) is 11.0. The van der Waals surface area contributed by atoms with Crippen molar-refractivity contribution in [3.8, 4) is 29.1 Å². The number of esters is 1. The molecule has 0 spiro atoms. The first-order valence-corrected chi connectivity index (χ1v) is 22.4. The average Bonchev–Trinajstić information content (AvgIpc) is 3.37. The van der Waals surface area contributed by atoms with Gasteiger partial charge in [-0.15, -0.1) is 0 Å². The zero-order valence-corrected chi connectivity index (χ0v) is 40.1. The Kier molecular flexibility index (Phi) is 19.5. The maximum atomic E-state index is 13.9. The summed E-state index contributed by atoms with van der Waals surface area (Å²) in [5.74, 6) is -3.39. The summed E-state index contributed by atoms with van der Waals surface area (Å²) in [5.41, 5.74) is 4.94. The van der Waals surface area contributed by atoms with Crippen LogP contribution in [0, 0.1) is 24.2 Å². The van der Waals surface area contributed by atoms with E-state index in [1.54, 1.807) is 43.3 Å². The van der Waals surface area contributed by atoms with Gasteiger partial charge in [0.2, 0.25) is 0 Å². The number of hydrogen-bond donors (Lipinski definition) is 2. The van der Waals surface area contributed by atoms with Crippen LogP contribution in [0.4, 0.5) is 11.4 Å². The van der Waals surface area contributed by atoms with Crippen LogP contribution in [-0.4, -0.2) is 69.2 Å². The van der Waals surface area contributed by atoms with Crippen molar-refractivity contribution in [2.24, 2.45) is 5.92 Å². The number of ether oxygens (including phenoxy) is 5. The van der Waals surface area contributed by atoms with E-state index < -0.39 is 23.7 Å². The standard InChI is InChI=1S/C57H55N3O11/c1-8-29-69-51-44(56(65)60-47-26-24-45(57(66)71-31-10-3)52(54(47)68-7)70-30-9-2)23-25-46(53(51)67-6)59-55(64)42-21-17-40(18-22-42)34-49(62)43(27-28-58)35-50(63)41-19-15-39(16-20-41)33-48(61)37(5)32-38-13-11-36(4)12-14-38/h8-26,32,43H,1-3,27,29-31,33-35H2,4-7H3,(H,59,64)(H,60,65)/b37-32+/t43-/m1/s1. The second-order valence-corrected chi connectivity index (χ2v) is 16.1. The fourth-order valence-electron chi connectivity index (χ4n) is 7.23. The molecule has 5 aromatic carbocycles. The monoisotopic (exact) mass is 957 g/mol. The number of nitrogens with zero attached hydrogens (tertiary/aromatic N) is 1. The minimum absolute atomic E-state index is 0.00940. The van der Waals surface area contributed by atoms with Crippen molar-refractivity contribution >= 4 is 52.6 Å². The summed E-state index contributed by atoms with van der Waals surface area (Å²) in [5, 5.41) is 15.1. The molecule has 364 valence electrons. The molecule has 0 bridgehead atoms. The summed E-state index contributed by atoms with van der Waals surface area (Å²) in [6, 6.07) is 28.6. The van der Waals surface area contributed by atoms with E-state index in [1.165, 1.54) is 68.8 Å². The summed E-state index contributed by atoms with van der Waals surface area (Å²) in [7, 11) is 2.69. The molecule has 14 nitrogen and oxygen atoms in total. The van der Waals surface area contributed by atoms with Crippen LogP contribution in [0.2, 0.25) is 0 Å². The molecule has 2 amide bonds. The number of aryl methyl sites for hydroxylation is 1. The molecule has 0 unspecified atom stereocenters. The van der Waals surface area contributed by atoms with Crippen LogP contribution >= 0.6 is 0 Å². The lowest BCUT2D eigenvalue weighted by atomic mass is 9.89. The SMILES string of the molecule is C=CCOC(=O)c1ccc(NC(=O)c2ccc(NC(=O)c3ccc(CC(=O)[C@H](CC#N)CC(=O)c4ccc(CC(=O)/C(C)=C/c5ccc(C)cc5)cc4)cc3)c(OC)c2OCC=C)c(OC)c1OCC=C. The smallest absolute Gasteiger partial charge is 0.342 e. The highest BCUT2D eigenvalue weighted by atomic mass is 16.5. The van der Waals surface area contributed by atoms with E-state index >= 15 is 0 Å². The van der Waals surface area contributed by atoms with Crippen LogP contribution in [-0.2, 0) is 27.2 Å². The Balaban J connectivity index is 1.25. The van der Waals surface area contributed by atoms with E-state index in [1.807, 2.05) is 43.3 Å². The van der Waals surface area contributed by atoms with Crippen molar-refractivity contribution in [3.63, 3.8) is 0 Å². The number of methoxy groups -OCH3 is 2. The van der Waals surface area contributed by atoms with E-state index in [0.717, 1.165) is 16.7 Å². The molecule has 71 heavy (non-hydrogen) atoms. The van der Waals surface area contributed by atoms with E-state index in [2.05, 4.69) is 30.4 Å². The minimum atomic E-state index is -0.865. The molecule has 0 aromatic heterocycles. The molecule has 0 aliphatic heterocycles. The Morgan fingerprint density at radius 2 is 1.15 bits per heavy atom. The minimum Gasteiger partial charge on any atom is -0.491 e. The lowest BCUT2D eigenvalue weighted by Gasteiger charge is -2.20. The van der Waals surface area contributed by atoms with Gasteiger partial charge >= 0.3 is 5.97 Å². The number of anilines is 2. The fourth-order valence-corrected chi connectivity index (χ4v) is 7.23. The Morgan fingerprint density at radius 1 is 0.634 bits per heavy atom. The molecule has 2 N–H and O–H groups in total. The van der Waals surface area contributed by atoms with Crippen LogP contribution in [0.5, 0.6) is 23.0 Å². The molecule has 1 atom stereocenters. The zero-order valence-electron chi connectivity index (χ0n) is 40.1. The molecule has 0 radical (unpaired) electrons. The second kappa shape index (κ2) is 26.1. The van der Waals surface area contributed by atoms with Crippen LogP contribution in [0.25, 0.3) is 6.08 Å². The van der Waals surface area contributed by atoms with E-state index in [9.17, 15) is 34.0 Å². The number of nitrogens with one attached hydrogen (secondary N) is 2. The van der Waals surface area contributed by atoms with Crippen LogP contribution in [0.3, 0.4) is 0 Å². The van der Waals surface area contributed by atoms with Gasteiger partial charge in [0.05, 0.1) is 37.2 Å². The average molecular weight is 958 g/mol. The highest BCUT2D eigenvalue weighted by Crippen LogP contribution is 2.42. The van der Waals surface area contributed by atoms with Gasteiger partial charge < -0.3 is 34.3 Å². The number of hydrogen-bond acceptors (Lipinski definition) is 12. The van der Waals surface area contributed by atoms with Crippen LogP contribution in [0.1, 0.15) is 83.5 Å². The molecule has 0 saturated heterocycles. The number of amides is 2. The highest BCUT2D eigenvalue weighted by Gasteiger charge is 2.27. The van der Waals surface area contributed by atoms with Gasteiger partial charge in [-0.1, -0.05) is 104 Å². The molecule has 0 saturated carbocycles. The Hall–Kier alpha value is -8.83. The maximum absolute atomic E-state index is 13.9. The Bertz CT molecular complexity index is 2880. The molecule has 5 rings (SSSR count). The van der Waals surface area contributed by atoms with Crippen molar-refractivity contribution in [2.45, 2.75) is 39.5 Å². The molecule has 14 heteroatoms. The number of Topliss-reactive ketones (excluding diaryl/α,β-unsaturated/α-hetero) is 3. The number of carbonyl (C=O) groups excluding carboxylic acids is 6. The van der Waals surface area contributed by atoms with Crippen LogP contribution in [0.15, 0.2) is 141 Å². The largest absolute Gasteiger partial charge is 0.491 e. The van der Waals surface area contributed by atoms with Crippen molar-refractivity contribution in [1.82, 2.24) is 0 Å². The van der Waals surface area contributed by atoms with Gasteiger partial charge in [0.15, 0.2) is 34.6 Å². The number of carbonyl (C=O) groups is 6. The third-order valence-corrected chi connectivity index (χ3v) is 11.0. The first-order valence-electron chi connectivity index (χ1n) is 22.4. The number of rotatable bonds is 26. The van der Waals surface area contributed by atoms with Crippen molar-refractivity contribution in [3.05, 3.63) is 185 Å². The molecule has 5 aromatic rings. The highest BCUT2D eigenvalue weighted by molar-refractivity contribution is 6.10. The quantitative estimate of drug-likeness (QED) is 0.0231. The molecular weight excluding hydrogens is 903 g/mol. The van der Waals surface area contributed by atoms with E-state index in [4.69, 9.17) is 23.7 Å². The Morgan fingerprint density at radius 3 is 1.70 bits per heavy atom. The van der Waals surface area contributed by atoms with Crippen molar-refractivity contribution < 1.29 is 52.5 Å². The number of ketones is 3. The summed E-state index contributed by atoms with van der Waals surface area (Å²) in [6.07, 6.45) is 5.95. The lowest BCUT2D eigenvalue weighted by Crippen LogP contribution is -2.20. The summed E-state index contributed by atoms with van der Waals surface area (Å²) in [6.45, 7) is 14.6. The maximum Gasteiger partial charge on any atom is 0.342 e. The molecule has 0 heterocycles. The molecular formula is C57H55N3O11. The van der Waals surface area contributed by atoms with Gasteiger partial charge in [0.25, 0.3) is 11.8 Å². The van der Waals surface area contributed by atoms with Crippen molar-refractivity contribution in [1.29, 1.82) is 5.26 Å². The van der Waals surface area contributed by atoms with Crippen molar-refractivity contribution in [2.75, 3.05) is 44.7 Å². The van der Waals surface area contributed by atoms with Gasteiger partial charge in [-0.25, -0.2) is 4.79 Å². The number of allylic oxidation sites excluding steroid dienone is 1. The zero-order chi connectivity index (χ0) is 51.5. The van der Waals surface area contributed by atoms with Gasteiger partial charge in [-0.3, -0.25) is 24.0 Å². The number of nitriles is 1. The van der Waals surface area contributed by atoms with Gasteiger partial charge in [-0.2, -0.15) is 5.26 Å². The molecule has 0 aliphatic carbocycles. The van der Waals surface area contributed by atoms with Gasteiger partial charge in [0.1, 0.15) is 31.2 Å². The molecule has 0 aliphatic rings.